The van der Waals surface area contributed by atoms with Crippen molar-refractivity contribution in [1.29, 1.82) is 0 Å². The third-order valence-electron chi connectivity index (χ3n) is 4.31. The molecule has 0 aliphatic heterocycles. The molecule has 25 heavy (non-hydrogen) atoms. The van der Waals surface area contributed by atoms with Crippen LogP contribution >= 0.6 is 0 Å². The third kappa shape index (κ3) is 6.45. The van der Waals surface area contributed by atoms with E-state index in [-0.39, 0.29) is 17.8 Å². The Hall–Kier alpha value is -2.57. The highest BCUT2D eigenvalue weighted by Crippen LogP contribution is 2.27. The van der Waals surface area contributed by atoms with E-state index in [0.717, 1.165) is 12.8 Å². The number of benzene rings is 1. The molecular weight excluding hydrogens is 320 g/mol. The second kappa shape index (κ2) is 9.66. The maximum Gasteiger partial charge on any atom is 0.319 e. The molecule has 4 N–H and O–H groups in total. The smallest absolute Gasteiger partial charge is 0.319 e. The zero-order valence-electron chi connectivity index (χ0n) is 14.6. The lowest BCUT2D eigenvalue weighted by Crippen LogP contribution is -2.37. The molecule has 7 heteroatoms. The first-order valence-electron chi connectivity index (χ1n) is 8.72. The molecule has 1 aromatic carbocycles. The predicted molar refractivity (Wildman–Crippen MR) is 96.4 cm³/mol. The third-order valence-corrected chi connectivity index (χ3v) is 4.31. The fourth-order valence-electron chi connectivity index (χ4n) is 2.95. The van der Waals surface area contributed by atoms with Crippen molar-refractivity contribution < 1.29 is 14.4 Å². The van der Waals surface area contributed by atoms with Crippen LogP contribution in [0, 0.1) is 5.92 Å². The van der Waals surface area contributed by atoms with Crippen molar-refractivity contribution in [3.05, 3.63) is 29.8 Å². The first-order chi connectivity index (χ1) is 12.1. The summed E-state index contributed by atoms with van der Waals surface area (Å²) < 4.78 is 0. The van der Waals surface area contributed by atoms with Crippen molar-refractivity contribution in [2.45, 2.75) is 32.1 Å². The highest BCUT2D eigenvalue weighted by Gasteiger charge is 2.17. The van der Waals surface area contributed by atoms with Crippen LogP contribution in [0.2, 0.25) is 0 Å². The summed E-state index contributed by atoms with van der Waals surface area (Å²) >= 11 is 0. The lowest BCUT2D eigenvalue weighted by molar-refractivity contribution is -0.121. The SMILES string of the molecule is CNC(=O)c1ccc(NC(=O)NCCNC(=O)CC2CCCC2)cc1. The van der Waals surface area contributed by atoms with Gasteiger partial charge in [0.25, 0.3) is 5.91 Å². The van der Waals surface area contributed by atoms with Gasteiger partial charge in [0.15, 0.2) is 0 Å². The number of nitrogens with one attached hydrogen (secondary N) is 4. The second-order valence-corrected chi connectivity index (χ2v) is 6.24. The van der Waals surface area contributed by atoms with Crippen LogP contribution in [-0.2, 0) is 4.79 Å². The minimum atomic E-state index is -0.349. The van der Waals surface area contributed by atoms with Gasteiger partial charge in [0.2, 0.25) is 5.91 Å². The summed E-state index contributed by atoms with van der Waals surface area (Å²) in [5.41, 5.74) is 1.12. The van der Waals surface area contributed by atoms with Crippen LogP contribution in [0.4, 0.5) is 10.5 Å². The summed E-state index contributed by atoms with van der Waals surface area (Å²) in [4.78, 5) is 35.0. The molecule has 0 aromatic heterocycles. The molecule has 2 rings (SSSR count). The summed E-state index contributed by atoms with van der Waals surface area (Å²) in [7, 11) is 1.56. The zero-order chi connectivity index (χ0) is 18.1. The molecule has 0 unspecified atom stereocenters. The number of amides is 4. The Morgan fingerprint density at radius 1 is 1.00 bits per heavy atom. The highest BCUT2D eigenvalue weighted by molar-refractivity contribution is 5.95. The summed E-state index contributed by atoms with van der Waals surface area (Å²) in [5.74, 6) is 0.400. The first-order valence-corrected chi connectivity index (χ1v) is 8.72. The Morgan fingerprint density at radius 2 is 1.64 bits per heavy atom. The van der Waals surface area contributed by atoms with Crippen molar-refractivity contribution >= 4 is 23.5 Å². The molecule has 1 aliphatic carbocycles. The average Bonchev–Trinajstić information content (AvgIpc) is 3.11. The van der Waals surface area contributed by atoms with E-state index in [1.807, 2.05) is 0 Å². The van der Waals surface area contributed by atoms with Crippen molar-refractivity contribution in [3.63, 3.8) is 0 Å². The summed E-state index contributed by atoms with van der Waals surface area (Å²) in [6, 6.07) is 6.24. The topological polar surface area (TPSA) is 99.3 Å². The average molecular weight is 346 g/mol. The van der Waals surface area contributed by atoms with Gasteiger partial charge in [-0.2, -0.15) is 0 Å². The van der Waals surface area contributed by atoms with Crippen LogP contribution in [0.3, 0.4) is 0 Å². The molecule has 1 aliphatic rings. The van der Waals surface area contributed by atoms with Crippen LogP contribution in [0.1, 0.15) is 42.5 Å². The van der Waals surface area contributed by atoms with Gasteiger partial charge in [0.05, 0.1) is 0 Å². The van der Waals surface area contributed by atoms with Crippen LogP contribution in [0.25, 0.3) is 0 Å². The molecule has 1 fully saturated rings. The molecular formula is C18H26N4O3. The fourth-order valence-corrected chi connectivity index (χ4v) is 2.95. The molecule has 0 saturated heterocycles. The molecule has 1 saturated carbocycles. The molecule has 0 heterocycles. The number of carbonyl (C=O) groups is 3. The van der Waals surface area contributed by atoms with Gasteiger partial charge in [-0.3, -0.25) is 9.59 Å². The number of carbonyl (C=O) groups excluding carboxylic acids is 3. The lowest BCUT2D eigenvalue weighted by atomic mass is 10.0. The Morgan fingerprint density at radius 3 is 2.28 bits per heavy atom. The maximum absolute atomic E-state index is 11.8. The maximum atomic E-state index is 11.8. The molecule has 136 valence electrons. The van der Waals surface area contributed by atoms with E-state index in [1.165, 1.54) is 12.8 Å². The number of urea groups is 1. The van der Waals surface area contributed by atoms with E-state index in [4.69, 9.17) is 0 Å². The summed E-state index contributed by atoms with van der Waals surface area (Å²) in [5, 5.41) is 10.7. The monoisotopic (exact) mass is 346 g/mol. The minimum Gasteiger partial charge on any atom is -0.355 e. The van der Waals surface area contributed by atoms with Crippen molar-refractivity contribution in [2.24, 2.45) is 5.92 Å². The number of anilines is 1. The van der Waals surface area contributed by atoms with E-state index in [2.05, 4.69) is 21.3 Å². The zero-order valence-corrected chi connectivity index (χ0v) is 14.6. The summed E-state index contributed by atoms with van der Waals surface area (Å²) in [6.07, 6.45) is 5.33. The van der Waals surface area contributed by atoms with Crippen molar-refractivity contribution in [1.82, 2.24) is 16.0 Å². The molecule has 7 nitrogen and oxygen atoms in total. The Labute approximate surface area is 147 Å². The summed E-state index contributed by atoms with van der Waals surface area (Å²) in [6.45, 7) is 0.771. The number of hydrogen-bond acceptors (Lipinski definition) is 3. The molecule has 0 radical (unpaired) electrons. The second-order valence-electron chi connectivity index (χ2n) is 6.24. The molecule has 4 amide bonds. The quantitative estimate of drug-likeness (QED) is 0.567. The van der Waals surface area contributed by atoms with Crippen LogP contribution in [-0.4, -0.2) is 38.0 Å². The number of hydrogen-bond donors (Lipinski definition) is 4. The van der Waals surface area contributed by atoms with Crippen LogP contribution in [0.15, 0.2) is 24.3 Å². The standard InChI is InChI=1S/C18H26N4O3/c1-19-17(24)14-6-8-15(9-7-14)22-18(25)21-11-10-20-16(23)12-13-4-2-3-5-13/h6-9,13H,2-5,10-12H2,1H3,(H,19,24)(H,20,23)(H2,21,22,25). The molecule has 1 aromatic rings. The van der Waals surface area contributed by atoms with Crippen LogP contribution in [0.5, 0.6) is 0 Å². The van der Waals surface area contributed by atoms with Gasteiger partial charge >= 0.3 is 6.03 Å². The van der Waals surface area contributed by atoms with E-state index in [1.54, 1.807) is 31.3 Å². The van der Waals surface area contributed by atoms with Gasteiger partial charge < -0.3 is 21.3 Å². The van der Waals surface area contributed by atoms with Gasteiger partial charge in [0.1, 0.15) is 0 Å². The Kier molecular flexibility index (Phi) is 7.25. The molecule has 0 bridgehead atoms. The largest absolute Gasteiger partial charge is 0.355 e. The van der Waals surface area contributed by atoms with Crippen molar-refractivity contribution in [2.75, 3.05) is 25.5 Å². The van der Waals surface area contributed by atoms with E-state index in [0.29, 0.717) is 36.7 Å². The van der Waals surface area contributed by atoms with E-state index >= 15 is 0 Å². The fraction of sp³-hybridized carbons (Fsp3) is 0.500. The van der Waals surface area contributed by atoms with Gasteiger partial charge in [0, 0.05) is 37.8 Å². The Balaban J connectivity index is 1.61. The van der Waals surface area contributed by atoms with Gasteiger partial charge in [-0.05, 0) is 43.0 Å². The van der Waals surface area contributed by atoms with Crippen LogP contribution < -0.4 is 21.3 Å². The molecule has 0 spiro atoms. The molecule has 0 atom stereocenters. The van der Waals surface area contributed by atoms with Crippen molar-refractivity contribution in [3.8, 4) is 0 Å². The normalized spacial score (nSPS) is 14.0. The minimum absolute atomic E-state index is 0.0545. The first kappa shape index (κ1) is 18.8. The lowest BCUT2D eigenvalue weighted by Gasteiger charge is -2.11. The van der Waals surface area contributed by atoms with Gasteiger partial charge in [-0.15, -0.1) is 0 Å². The predicted octanol–water partition coefficient (Wildman–Crippen LogP) is 1.86. The Bertz CT molecular complexity index is 595. The number of rotatable bonds is 7. The van der Waals surface area contributed by atoms with Gasteiger partial charge in [-0.25, -0.2) is 4.79 Å². The van der Waals surface area contributed by atoms with E-state index in [9.17, 15) is 14.4 Å². The highest BCUT2D eigenvalue weighted by atomic mass is 16.2. The van der Waals surface area contributed by atoms with Gasteiger partial charge in [-0.1, -0.05) is 12.8 Å². The van der Waals surface area contributed by atoms with E-state index < -0.39 is 0 Å².